The van der Waals surface area contributed by atoms with Gasteiger partial charge in [0.25, 0.3) is 0 Å². The van der Waals surface area contributed by atoms with Gasteiger partial charge in [-0.25, -0.2) is 23.4 Å². The third kappa shape index (κ3) is 24.8. The molecular formula is C71H74Cl9N9O9S. The van der Waals surface area contributed by atoms with Gasteiger partial charge in [-0.15, -0.1) is 34.8 Å². The fourth-order valence-corrected chi connectivity index (χ4v) is 11.3. The fourth-order valence-electron chi connectivity index (χ4n) is 9.10. The van der Waals surface area contributed by atoms with Crippen LogP contribution in [0.1, 0.15) is 118 Å². The number of nitrogens with one attached hydrogen (secondary N) is 1. The van der Waals surface area contributed by atoms with Crippen molar-refractivity contribution in [2.75, 3.05) is 48.4 Å². The normalized spacial score (nSPS) is 11.0. The summed E-state index contributed by atoms with van der Waals surface area (Å²) in [5, 5.41) is 39.4. The Kier molecular flexibility index (Phi) is 33.6. The smallest absolute Gasteiger partial charge is 0.231 e. The SMILES string of the molecule is C.C.CC(C)(c1ccc(O)cc1)c1cc(Cl)c(OCCCl)c(Cl)c1.CC(C)(c1ccc(OCc2cncc(Cl)n2)cc1)c1cc(Cl)c(OCCCl)c(C#N)c1.CC(C)(c1ccc(OCc2cncc(NS(C)(=O)=O)n2)cc1)c1cc(Cl)c(OCCCl)c(C#N)c1.OCc1cncc(Cl)n1. The van der Waals surface area contributed by atoms with Gasteiger partial charge in [0.1, 0.15) is 72.7 Å². The van der Waals surface area contributed by atoms with Gasteiger partial charge in [-0.1, -0.05) is 162 Å². The molecule has 0 saturated carbocycles. The van der Waals surface area contributed by atoms with Gasteiger partial charge in [-0.05, 0) is 106 Å². The van der Waals surface area contributed by atoms with Gasteiger partial charge in [0.15, 0.2) is 23.1 Å². The number of benzene rings is 6. The van der Waals surface area contributed by atoms with E-state index in [0.717, 1.165) is 39.6 Å². The quantitative estimate of drug-likeness (QED) is 0.0475. The second kappa shape index (κ2) is 39.6. The highest BCUT2D eigenvalue weighted by Gasteiger charge is 2.29. The van der Waals surface area contributed by atoms with Crippen LogP contribution in [-0.4, -0.2) is 92.3 Å². The Bertz CT molecular complexity index is 4280. The lowest BCUT2D eigenvalue weighted by Gasteiger charge is -2.27. The molecule has 18 nitrogen and oxygen atoms in total. The third-order valence-electron chi connectivity index (χ3n) is 14.4. The van der Waals surface area contributed by atoms with Crippen molar-refractivity contribution >= 4 is 120 Å². The van der Waals surface area contributed by atoms with Crippen LogP contribution in [0.15, 0.2) is 146 Å². The Morgan fingerprint density at radius 2 is 0.798 bits per heavy atom. The molecule has 0 amide bonds. The van der Waals surface area contributed by atoms with Crippen LogP contribution in [-0.2, 0) is 46.1 Å². The number of sulfonamides is 1. The van der Waals surface area contributed by atoms with E-state index in [-0.39, 0.29) is 64.9 Å². The number of hydrogen-bond acceptors (Lipinski definition) is 17. The van der Waals surface area contributed by atoms with E-state index in [1.165, 1.54) is 31.0 Å². The Labute approximate surface area is 624 Å². The largest absolute Gasteiger partial charge is 0.508 e. The molecule has 526 valence electrons. The number of alkyl halides is 3. The number of aliphatic hydroxyl groups excluding tert-OH is 1. The first-order valence-corrected chi connectivity index (χ1v) is 35.0. The van der Waals surface area contributed by atoms with Gasteiger partial charge in [0.05, 0.1) is 116 Å². The summed E-state index contributed by atoms with van der Waals surface area (Å²) in [6.45, 7) is 13.5. The second-order valence-corrected chi connectivity index (χ2v) is 27.7. The zero-order valence-corrected chi connectivity index (χ0v) is 61.0. The Morgan fingerprint density at radius 1 is 0.465 bits per heavy atom. The number of phenols is 1. The lowest BCUT2D eigenvalue weighted by molar-refractivity contribution is 0.276. The standard InChI is InChI=1S/C24H24Cl2N4O4S.C23H20Cl3N3O2.C17H17Cl3O2.C5H5ClN2O.2CH4/c1-24(2,18-10-16(12-27)23(21(26)11-18)33-9-8-25)17-4-6-20(7-5-17)34-15-19-13-28-14-22(29-19)30-35(3,31)32;1-23(2,17-9-15(11-27)22(20(25)10-17)30-8-7-24)16-3-5-19(6-4-16)31-14-18-12-28-13-21(26)29-18;1-17(2,11-3-5-13(21)6-4-11)12-9-14(19)16(15(20)10-12)22-8-7-18;6-5-2-7-1-4(3-9)8-5;;/h4-7,10-11,13-14H,8-9,15H2,1-3H3,(H,29,30);3-6,9-10,12-13H,7-8,14H2,1-2H3;3-6,9-10,21H,7-8H2,1-2H3;1-2,9H,3H2;2*1H4. The molecule has 3 aromatic heterocycles. The van der Waals surface area contributed by atoms with Crippen LogP contribution in [0, 0.1) is 22.7 Å². The summed E-state index contributed by atoms with van der Waals surface area (Å²) >= 11 is 53.7. The number of rotatable bonds is 24. The number of nitriles is 2. The Balaban J connectivity index is 0.000000298. The Morgan fingerprint density at radius 3 is 1.15 bits per heavy atom. The van der Waals surface area contributed by atoms with Crippen molar-refractivity contribution in [2.45, 2.75) is 92.5 Å². The topological polar surface area (TPSA) is 258 Å². The van der Waals surface area contributed by atoms with Gasteiger partial charge < -0.3 is 33.9 Å². The van der Waals surface area contributed by atoms with Gasteiger partial charge in [-0.2, -0.15) is 10.5 Å². The maximum absolute atomic E-state index is 11.4. The summed E-state index contributed by atoms with van der Waals surface area (Å²) in [6, 6.07) is 37.6. The van der Waals surface area contributed by atoms with E-state index in [1.807, 2.05) is 92.7 Å². The molecule has 0 aliphatic rings. The number of halogens is 9. The van der Waals surface area contributed by atoms with Crippen LogP contribution in [0.2, 0.25) is 30.4 Å². The minimum absolute atomic E-state index is 0. The molecule has 0 atom stereocenters. The predicted molar refractivity (Wildman–Crippen MR) is 397 cm³/mol. The fraction of sp³-hybridized carbons (Fsp3) is 0.296. The number of hydrogen-bond donors (Lipinski definition) is 3. The molecule has 0 aliphatic carbocycles. The molecule has 0 unspecified atom stereocenters. The summed E-state index contributed by atoms with van der Waals surface area (Å²) in [6.07, 6.45) is 9.83. The Hall–Kier alpha value is -7.34. The van der Waals surface area contributed by atoms with E-state index in [4.69, 9.17) is 133 Å². The van der Waals surface area contributed by atoms with E-state index in [9.17, 15) is 24.0 Å². The maximum Gasteiger partial charge on any atom is 0.231 e. The number of ether oxygens (including phenoxy) is 5. The average molecular weight is 1550 g/mol. The molecule has 9 aromatic rings. The average Bonchev–Trinajstić information content (AvgIpc) is 0.798. The minimum atomic E-state index is -3.45. The van der Waals surface area contributed by atoms with Gasteiger partial charge >= 0.3 is 0 Å². The predicted octanol–water partition coefficient (Wildman–Crippen LogP) is 18.6. The van der Waals surface area contributed by atoms with Crippen molar-refractivity contribution in [3.05, 3.63) is 238 Å². The number of aliphatic hydroxyl groups is 1. The molecule has 6 aromatic carbocycles. The van der Waals surface area contributed by atoms with E-state index < -0.39 is 20.9 Å². The highest BCUT2D eigenvalue weighted by molar-refractivity contribution is 7.92. The van der Waals surface area contributed by atoms with Crippen LogP contribution in [0.25, 0.3) is 0 Å². The van der Waals surface area contributed by atoms with Crippen LogP contribution in [0.4, 0.5) is 5.82 Å². The summed E-state index contributed by atoms with van der Waals surface area (Å²) in [5.41, 5.74) is 6.94. The van der Waals surface area contributed by atoms with E-state index >= 15 is 0 Å². The van der Waals surface area contributed by atoms with Crippen molar-refractivity contribution in [3.63, 3.8) is 0 Å². The van der Waals surface area contributed by atoms with Gasteiger partial charge in [0.2, 0.25) is 10.0 Å². The molecule has 0 bridgehead atoms. The van der Waals surface area contributed by atoms with Crippen molar-refractivity contribution < 1.29 is 42.3 Å². The lowest BCUT2D eigenvalue weighted by Crippen LogP contribution is -2.19. The molecule has 3 N–H and O–H groups in total. The maximum atomic E-state index is 11.4. The third-order valence-corrected chi connectivity index (χ3v) is 17.0. The highest BCUT2D eigenvalue weighted by Crippen LogP contribution is 2.43. The summed E-state index contributed by atoms with van der Waals surface area (Å²) in [5.74, 6) is 3.78. The van der Waals surface area contributed by atoms with Crippen molar-refractivity contribution in [1.29, 1.82) is 10.5 Å². The highest BCUT2D eigenvalue weighted by atomic mass is 35.5. The summed E-state index contributed by atoms with van der Waals surface area (Å²) in [4.78, 5) is 23.8. The number of aromatic nitrogens is 6. The lowest BCUT2D eigenvalue weighted by atomic mass is 9.77. The van der Waals surface area contributed by atoms with E-state index in [0.29, 0.717) is 112 Å². The van der Waals surface area contributed by atoms with Gasteiger partial charge in [0, 0.05) is 16.2 Å². The molecule has 3 heterocycles. The second-order valence-electron chi connectivity index (χ2n) is 22.4. The molecule has 0 saturated heterocycles. The number of phenolic OH excluding ortho intramolecular Hbond substituents is 1. The molecule has 9 rings (SSSR count). The number of anilines is 1. The molecule has 0 spiro atoms. The number of nitrogens with zero attached hydrogens (tertiary/aromatic N) is 8. The molecule has 0 aliphatic heterocycles. The van der Waals surface area contributed by atoms with Crippen LogP contribution >= 0.6 is 104 Å². The molecule has 99 heavy (non-hydrogen) atoms. The molecule has 28 heteroatoms. The van der Waals surface area contributed by atoms with E-state index in [1.54, 1.807) is 36.5 Å². The minimum Gasteiger partial charge on any atom is -0.508 e. The van der Waals surface area contributed by atoms with E-state index in [2.05, 4.69) is 74.5 Å². The zero-order chi connectivity index (χ0) is 71.1. The number of aromatic hydroxyl groups is 1. The zero-order valence-electron chi connectivity index (χ0n) is 53.4. The van der Waals surface area contributed by atoms with Crippen LogP contribution in [0.3, 0.4) is 0 Å². The first-order valence-electron chi connectivity index (χ1n) is 29.2. The van der Waals surface area contributed by atoms with Crippen LogP contribution < -0.4 is 28.4 Å². The summed E-state index contributed by atoms with van der Waals surface area (Å²) < 4.78 is 53.2. The molecular weight excluding hydrogens is 1470 g/mol. The molecule has 0 fully saturated rings. The summed E-state index contributed by atoms with van der Waals surface area (Å²) in [7, 11) is -3.45. The van der Waals surface area contributed by atoms with Crippen LogP contribution in [0.5, 0.6) is 34.5 Å². The first kappa shape index (κ1) is 84.1. The van der Waals surface area contributed by atoms with Gasteiger partial charge in [-0.3, -0.25) is 19.7 Å². The van der Waals surface area contributed by atoms with Crippen molar-refractivity contribution in [3.8, 4) is 46.6 Å². The van der Waals surface area contributed by atoms with Crippen molar-refractivity contribution in [2.24, 2.45) is 0 Å². The van der Waals surface area contributed by atoms with Crippen molar-refractivity contribution in [1.82, 2.24) is 29.9 Å². The first-order chi connectivity index (χ1) is 46.1. The monoisotopic (exact) mass is 1540 g/mol. The molecule has 0 radical (unpaired) electrons.